The molecular formula is C13H8ClFINO2. The van der Waals surface area contributed by atoms with E-state index in [1.54, 1.807) is 18.2 Å². The van der Waals surface area contributed by atoms with Crippen molar-refractivity contribution in [2.24, 2.45) is 0 Å². The van der Waals surface area contributed by atoms with Crippen LogP contribution in [0.15, 0.2) is 36.4 Å². The van der Waals surface area contributed by atoms with E-state index in [9.17, 15) is 14.3 Å². The van der Waals surface area contributed by atoms with Crippen LogP contribution in [0.2, 0.25) is 5.02 Å². The molecule has 0 spiro atoms. The molecule has 0 heterocycles. The average Bonchev–Trinajstić information content (AvgIpc) is 2.36. The van der Waals surface area contributed by atoms with Crippen LogP contribution in [0.5, 0.6) is 5.75 Å². The standard InChI is InChI=1S/C13H8ClFINO2/c14-10-3-2-8(16)6-11(10)17-13(19)9-5-7(15)1-4-12(9)18/h1-6,18H,(H,17,19). The molecule has 0 fully saturated rings. The molecule has 0 saturated heterocycles. The van der Waals surface area contributed by atoms with Crippen LogP contribution in [0.4, 0.5) is 10.1 Å². The summed E-state index contributed by atoms with van der Waals surface area (Å²) in [4.78, 5) is 12.0. The lowest BCUT2D eigenvalue weighted by Gasteiger charge is -2.09. The van der Waals surface area contributed by atoms with E-state index in [4.69, 9.17) is 11.6 Å². The molecule has 0 atom stereocenters. The van der Waals surface area contributed by atoms with Crippen molar-refractivity contribution in [1.29, 1.82) is 0 Å². The topological polar surface area (TPSA) is 49.3 Å². The zero-order valence-corrected chi connectivity index (χ0v) is 12.4. The molecule has 2 rings (SSSR count). The summed E-state index contributed by atoms with van der Waals surface area (Å²) >= 11 is 8.02. The highest BCUT2D eigenvalue weighted by Gasteiger charge is 2.14. The molecule has 2 aromatic rings. The van der Waals surface area contributed by atoms with E-state index in [0.717, 1.165) is 21.8 Å². The molecule has 1 amide bonds. The van der Waals surface area contributed by atoms with E-state index in [-0.39, 0.29) is 11.3 Å². The highest BCUT2D eigenvalue weighted by atomic mass is 127. The van der Waals surface area contributed by atoms with Gasteiger partial charge in [-0.05, 0) is 59.0 Å². The van der Waals surface area contributed by atoms with Crippen molar-refractivity contribution in [3.63, 3.8) is 0 Å². The molecule has 0 bridgehead atoms. The number of phenolic OH excluding ortho intramolecular Hbond substituents is 1. The number of anilines is 1. The molecule has 0 aliphatic carbocycles. The van der Waals surface area contributed by atoms with Gasteiger partial charge in [-0.1, -0.05) is 11.6 Å². The van der Waals surface area contributed by atoms with Crippen molar-refractivity contribution in [2.45, 2.75) is 0 Å². The van der Waals surface area contributed by atoms with Gasteiger partial charge < -0.3 is 10.4 Å². The summed E-state index contributed by atoms with van der Waals surface area (Å²) in [6.07, 6.45) is 0. The van der Waals surface area contributed by atoms with E-state index in [1.807, 2.05) is 0 Å². The Labute approximate surface area is 127 Å². The predicted octanol–water partition coefficient (Wildman–Crippen LogP) is 4.04. The average molecular weight is 392 g/mol. The Morgan fingerprint density at radius 3 is 2.74 bits per heavy atom. The summed E-state index contributed by atoms with van der Waals surface area (Å²) in [5.74, 6) is -1.52. The van der Waals surface area contributed by atoms with Crippen LogP contribution in [0, 0.1) is 9.39 Å². The molecule has 0 unspecified atom stereocenters. The number of phenols is 1. The molecule has 19 heavy (non-hydrogen) atoms. The number of amides is 1. The van der Waals surface area contributed by atoms with Crippen LogP contribution < -0.4 is 5.32 Å². The lowest BCUT2D eigenvalue weighted by molar-refractivity contribution is 0.102. The van der Waals surface area contributed by atoms with E-state index in [0.29, 0.717) is 10.7 Å². The number of carbonyl (C=O) groups is 1. The van der Waals surface area contributed by atoms with Gasteiger partial charge >= 0.3 is 0 Å². The Bertz CT molecular complexity index is 649. The van der Waals surface area contributed by atoms with Gasteiger partial charge in [-0.3, -0.25) is 4.79 Å². The first kappa shape index (κ1) is 14.1. The molecule has 0 aliphatic heterocycles. The second-order valence-corrected chi connectivity index (χ2v) is 5.39. The normalized spacial score (nSPS) is 10.3. The summed E-state index contributed by atoms with van der Waals surface area (Å²) < 4.78 is 14.0. The smallest absolute Gasteiger partial charge is 0.259 e. The maximum Gasteiger partial charge on any atom is 0.259 e. The fourth-order valence-corrected chi connectivity index (χ4v) is 2.13. The second-order valence-electron chi connectivity index (χ2n) is 3.74. The molecular weight excluding hydrogens is 384 g/mol. The number of carbonyl (C=O) groups excluding carboxylic acids is 1. The van der Waals surface area contributed by atoms with Crippen LogP contribution in [0.25, 0.3) is 0 Å². The minimum absolute atomic E-state index is 0.144. The van der Waals surface area contributed by atoms with Gasteiger partial charge in [0.25, 0.3) is 5.91 Å². The Hall–Kier alpha value is -1.34. The quantitative estimate of drug-likeness (QED) is 0.759. The second kappa shape index (κ2) is 5.75. The highest BCUT2D eigenvalue weighted by Crippen LogP contribution is 2.26. The molecule has 2 aromatic carbocycles. The van der Waals surface area contributed by atoms with Gasteiger partial charge in [0, 0.05) is 3.57 Å². The fraction of sp³-hybridized carbons (Fsp3) is 0. The lowest BCUT2D eigenvalue weighted by Crippen LogP contribution is -2.12. The van der Waals surface area contributed by atoms with Crippen molar-refractivity contribution in [1.82, 2.24) is 0 Å². The van der Waals surface area contributed by atoms with Crippen LogP contribution >= 0.6 is 34.2 Å². The Kier molecular flexibility index (Phi) is 4.26. The number of hydrogen-bond acceptors (Lipinski definition) is 2. The monoisotopic (exact) mass is 391 g/mol. The van der Waals surface area contributed by atoms with Crippen molar-refractivity contribution in [3.8, 4) is 5.75 Å². The number of benzene rings is 2. The molecule has 98 valence electrons. The molecule has 3 nitrogen and oxygen atoms in total. The number of halogens is 3. The van der Waals surface area contributed by atoms with Crippen molar-refractivity contribution < 1.29 is 14.3 Å². The van der Waals surface area contributed by atoms with Crippen molar-refractivity contribution >= 4 is 45.8 Å². The van der Waals surface area contributed by atoms with E-state index in [2.05, 4.69) is 27.9 Å². The maximum absolute atomic E-state index is 13.1. The maximum atomic E-state index is 13.1. The van der Waals surface area contributed by atoms with Crippen LogP contribution in [-0.2, 0) is 0 Å². The zero-order valence-electron chi connectivity index (χ0n) is 9.45. The predicted molar refractivity (Wildman–Crippen MR) is 80.2 cm³/mol. The van der Waals surface area contributed by atoms with E-state index >= 15 is 0 Å². The Morgan fingerprint density at radius 1 is 1.26 bits per heavy atom. The summed E-state index contributed by atoms with van der Waals surface area (Å²) in [5.41, 5.74) is 0.261. The first-order valence-corrected chi connectivity index (χ1v) is 6.68. The first-order chi connectivity index (χ1) is 8.97. The molecule has 0 radical (unpaired) electrons. The molecule has 0 saturated carbocycles. The third-order valence-electron chi connectivity index (χ3n) is 2.38. The van der Waals surface area contributed by atoms with Gasteiger partial charge in [0.1, 0.15) is 11.6 Å². The van der Waals surface area contributed by atoms with Crippen molar-refractivity contribution in [2.75, 3.05) is 5.32 Å². The van der Waals surface area contributed by atoms with Gasteiger partial charge in [-0.15, -0.1) is 0 Å². The molecule has 6 heteroatoms. The minimum atomic E-state index is -0.624. The summed E-state index contributed by atoms with van der Waals surface area (Å²) in [5, 5.41) is 12.4. The number of rotatable bonds is 2. The van der Waals surface area contributed by atoms with Gasteiger partial charge in [0.15, 0.2) is 0 Å². The van der Waals surface area contributed by atoms with Gasteiger partial charge in [0.2, 0.25) is 0 Å². The van der Waals surface area contributed by atoms with E-state index < -0.39 is 11.7 Å². The van der Waals surface area contributed by atoms with Gasteiger partial charge in [0.05, 0.1) is 16.3 Å². The Balaban J connectivity index is 2.30. The summed E-state index contributed by atoms with van der Waals surface area (Å²) in [7, 11) is 0. The van der Waals surface area contributed by atoms with Crippen LogP contribution in [-0.4, -0.2) is 11.0 Å². The van der Waals surface area contributed by atoms with Crippen LogP contribution in [0.1, 0.15) is 10.4 Å². The Morgan fingerprint density at radius 2 is 2.00 bits per heavy atom. The highest BCUT2D eigenvalue weighted by molar-refractivity contribution is 14.1. The van der Waals surface area contributed by atoms with Crippen LogP contribution in [0.3, 0.4) is 0 Å². The SMILES string of the molecule is O=C(Nc1cc(I)ccc1Cl)c1cc(F)ccc1O. The van der Waals surface area contributed by atoms with E-state index in [1.165, 1.54) is 0 Å². The number of aromatic hydroxyl groups is 1. The number of nitrogens with one attached hydrogen (secondary N) is 1. The summed E-state index contributed by atoms with van der Waals surface area (Å²) in [6.45, 7) is 0. The van der Waals surface area contributed by atoms with Crippen molar-refractivity contribution in [3.05, 3.63) is 56.4 Å². The summed E-state index contributed by atoms with van der Waals surface area (Å²) in [6, 6.07) is 8.28. The number of hydrogen-bond donors (Lipinski definition) is 2. The molecule has 0 aliphatic rings. The molecule has 0 aromatic heterocycles. The van der Waals surface area contributed by atoms with Gasteiger partial charge in [-0.2, -0.15) is 0 Å². The third-order valence-corrected chi connectivity index (χ3v) is 3.38. The molecule has 2 N–H and O–H groups in total. The lowest BCUT2D eigenvalue weighted by atomic mass is 10.1. The third kappa shape index (κ3) is 3.36. The fourth-order valence-electron chi connectivity index (χ4n) is 1.47. The first-order valence-electron chi connectivity index (χ1n) is 5.22. The largest absolute Gasteiger partial charge is 0.507 e. The zero-order chi connectivity index (χ0) is 14.0. The minimum Gasteiger partial charge on any atom is -0.507 e. The van der Waals surface area contributed by atoms with Gasteiger partial charge in [-0.25, -0.2) is 4.39 Å².